The van der Waals surface area contributed by atoms with Crippen molar-refractivity contribution in [1.29, 1.82) is 0 Å². The van der Waals surface area contributed by atoms with Crippen LogP contribution < -0.4 is 23.8 Å². The van der Waals surface area contributed by atoms with Gasteiger partial charge in [-0.25, -0.2) is 8.42 Å². The molecule has 11 heteroatoms. The minimum atomic E-state index is -3.93. The number of methoxy groups -OCH3 is 3. The Hall–Kier alpha value is -3.47. The highest BCUT2D eigenvalue weighted by Gasteiger charge is 2.33. The van der Waals surface area contributed by atoms with Gasteiger partial charge in [-0.15, -0.1) is 0 Å². The second-order valence-corrected chi connectivity index (χ2v) is 10.7. The summed E-state index contributed by atoms with van der Waals surface area (Å²) in [5.41, 5.74) is 0.882. The van der Waals surface area contributed by atoms with Gasteiger partial charge in [-0.2, -0.15) is 0 Å². The van der Waals surface area contributed by atoms with Crippen LogP contribution in [-0.2, 0) is 26.2 Å². The highest BCUT2D eigenvalue weighted by atomic mass is 32.2. The van der Waals surface area contributed by atoms with E-state index in [1.54, 1.807) is 44.4 Å². The number of ether oxygens (including phenoxy) is 3. The van der Waals surface area contributed by atoms with Crippen LogP contribution in [0.25, 0.3) is 0 Å². The van der Waals surface area contributed by atoms with Crippen LogP contribution in [0.5, 0.6) is 17.2 Å². The molecule has 204 valence electrons. The van der Waals surface area contributed by atoms with Crippen molar-refractivity contribution >= 4 is 27.5 Å². The first kappa shape index (κ1) is 29.8. The number of nitrogens with one attached hydrogen (secondary N) is 1. The number of carbonyl (C=O) groups is 2. The smallest absolute Gasteiger partial charge is 0.244 e. The van der Waals surface area contributed by atoms with Crippen molar-refractivity contribution in [2.45, 2.75) is 45.8 Å². The first-order valence-electron chi connectivity index (χ1n) is 11.9. The molecule has 2 rings (SSSR count). The predicted octanol–water partition coefficient (Wildman–Crippen LogP) is 2.81. The van der Waals surface area contributed by atoms with Gasteiger partial charge in [0.1, 0.15) is 29.8 Å². The lowest BCUT2D eigenvalue weighted by Crippen LogP contribution is -2.53. The van der Waals surface area contributed by atoms with Crippen LogP contribution in [-0.4, -0.2) is 71.3 Å². The summed E-state index contributed by atoms with van der Waals surface area (Å²) in [5.74, 6) is 0.377. The number of rotatable bonds is 13. The zero-order valence-electron chi connectivity index (χ0n) is 22.5. The van der Waals surface area contributed by atoms with E-state index in [9.17, 15) is 18.0 Å². The second-order valence-electron chi connectivity index (χ2n) is 8.77. The van der Waals surface area contributed by atoms with E-state index in [2.05, 4.69) is 5.32 Å². The Balaban J connectivity index is 2.55. The van der Waals surface area contributed by atoms with Gasteiger partial charge in [0.25, 0.3) is 0 Å². The molecule has 0 aliphatic rings. The van der Waals surface area contributed by atoms with Gasteiger partial charge in [-0.3, -0.25) is 13.9 Å². The van der Waals surface area contributed by atoms with Gasteiger partial charge in [-0.1, -0.05) is 19.1 Å². The Morgan fingerprint density at radius 3 is 2.16 bits per heavy atom. The lowest BCUT2D eigenvalue weighted by atomic mass is 10.1. The third kappa shape index (κ3) is 8.01. The molecule has 2 aromatic carbocycles. The number of benzene rings is 2. The van der Waals surface area contributed by atoms with Crippen molar-refractivity contribution in [3.05, 3.63) is 48.0 Å². The third-order valence-corrected chi connectivity index (χ3v) is 6.76. The molecule has 0 radical (unpaired) electrons. The quantitative estimate of drug-likeness (QED) is 0.419. The Morgan fingerprint density at radius 1 is 0.973 bits per heavy atom. The van der Waals surface area contributed by atoms with E-state index in [4.69, 9.17) is 14.2 Å². The Kier molecular flexibility index (Phi) is 10.6. The molecule has 0 fully saturated rings. The minimum Gasteiger partial charge on any atom is -0.497 e. The van der Waals surface area contributed by atoms with Crippen LogP contribution in [0.1, 0.15) is 32.8 Å². The standard InChI is InChI=1S/C26H37N3O7S/c1-8-22(26(31)27-18(2)3)28(16-19-10-9-11-20(14-19)34-4)25(30)17-29(37(7,32)33)23-15-21(35-5)12-13-24(23)36-6/h9-15,18,22H,8,16-17H2,1-7H3,(H,27,31). The first-order valence-corrected chi connectivity index (χ1v) is 13.7. The molecule has 0 saturated carbocycles. The SMILES string of the molecule is CCC(C(=O)NC(C)C)N(Cc1cccc(OC)c1)C(=O)CN(c1cc(OC)ccc1OC)S(C)(=O)=O. The van der Waals surface area contributed by atoms with E-state index in [0.29, 0.717) is 17.9 Å². The molecule has 1 unspecified atom stereocenters. The Morgan fingerprint density at radius 2 is 1.62 bits per heavy atom. The molecule has 0 spiro atoms. The summed E-state index contributed by atoms with van der Waals surface area (Å²) in [5, 5.41) is 2.86. The average Bonchev–Trinajstić information content (AvgIpc) is 2.85. The van der Waals surface area contributed by atoms with Gasteiger partial charge in [0.15, 0.2) is 0 Å². The van der Waals surface area contributed by atoms with E-state index in [1.807, 2.05) is 19.9 Å². The van der Waals surface area contributed by atoms with Gasteiger partial charge < -0.3 is 24.4 Å². The van der Waals surface area contributed by atoms with Gasteiger partial charge >= 0.3 is 0 Å². The molecule has 37 heavy (non-hydrogen) atoms. The molecule has 0 bridgehead atoms. The van der Waals surface area contributed by atoms with E-state index in [-0.39, 0.29) is 29.9 Å². The molecule has 1 atom stereocenters. The highest BCUT2D eigenvalue weighted by Crippen LogP contribution is 2.34. The van der Waals surface area contributed by atoms with Crippen molar-refractivity contribution in [2.24, 2.45) is 0 Å². The van der Waals surface area contributed by atoms with Crippen LogP contribution in [0, 0.1) is 0 Å². The molecule has 0 aliphatic heterocycles. The summed E-state index contributed by atoms with van der Waals surface area (Å²) >= 11 is 0. The molecule has 1 N–H and O–H groups in total. The Labute approximate surface area is 219 Å². The lowest BCUT2D eigenvalue weighted by molar-refractivity contribution is -0.140. The van der Waals surface area contributed by atoms with E-state index in [1.165, 1.54) is 25.2 Å². The van der Waals surface area contributed by atoms with Crippen molar-refractivity contribution in [3.63, 3.8) is 0 Å². The van der Waals surface area contributed by atoms with E-state index >= 15 is 0 Å². The summed E-state index contributed by atoms with van der Waals surface area (Å²) in [6.45, 7) is 5.00. The predicted molar refractivity (Wildman–Crippen MR) is 143 cm³/mol. The number of hydrogen-bond acceptors (Lipinski definition) is 7. The number of carbonyl (C=O) groups excluding carboxylic acids is 2. The largest absolute Gasteiger partial charge is 0.497 e. The van der Waals surface area contributed by atoms with Crippen LogP contribution in [0.2, 0.25) is 0 Å². The molecular weight excluding hydrogens is 498 g/mol. The zero-order valence-corrected chi connectivity index (χ0v) is 23.3. The minimum absolute atomic E-state index is 0.0763. The molecule has 0 aromatic heterocycles. The van der Waals surface area contributed by atoms with Gasteiger partial charge in [0.2, 0.25) is 21.8 Å². The monoisotopic (exact) mass is 535 g/mol. The summed E-state index contributed by atoms with van der Waals surface area (Å²) < 4.78 is 42.7. The fraction of sp³-hybridized carbons (Fsp3) is 0.462. The van der Waals surface area contributed by atoms with Crippen molar-refractivity contribution in [2.75, 3.05) is 38.4 Å². The maximum Gasteiger partial charge on any atom is 0.244 e. The topological polar surface area (TPSA) is 114 Å². The highest BCUT2D eigenvalue weighted by molar-refractivity contribution is 7.92. The van der Waals surface area contributed by atoms with Gasteiger partial charge in [0.05, 0.1) is 33.3 Å². The van der Waals surface area contributed by atoms with E-state index in [0.717, 1.165) is 16.1 Å². The van der Waals surface area contributed by atoms with Gasteiger partial charge in [-0.05, 0) is 50.1 Å². The number of nitrogens with zero attached hydrogens (tertiary/aromatic N) is 2. The molecule has 2 aromatic rings. The second kappa shape index (κ2) is 13.2. The van der Waals surface area contributed by atoms with Crippen molar-refractivity contribution in [3.8, 4) is 17.2 Å². The molecule has 0 aliphatic carbocycles. The molecule has 10 nitrogen and oxygen atoms in total. The molecule has 0 heterocycles. The van der Waals surface area contributed by atoms with E-state index < -0.39 is 28.5 Å². The summed E-state index contributed by atoms with van der Waals surface area (Å²) in [6.07, 6.45) is 1.34. The van der Waals surface area contributed by atoms with Crippen LogP contribution in [0.3, 0.4) is 0 Å². The third-order valence-electron chi connectivity index (χ3n) is 5.64. The fourth-order valence-corrected chi connectivity index (χ4v) is 4.70. The first-order chi connectivity index (χ1) is 17.4. The fourth-order valence-electron chi connectivity index (χ4n) is 3.85. The van der Waals surface area contributed by atoms with Crippen molar-refractivity contribution < 1.29 is 32.2 Å². The number of sulfonamides is 1. The van der Waals surface area contributed by atoms with Crippen LogP contribution >= 0.6 is 0 Å². The lowest BCUT2D eigenvalue weighted by Gasteiger charge is -2.33. The Bertz CT molecular complexity index is 1180. The maximum atomic E-state index is 13.8. The summed E-state index contributed by atoms with van der Waals surface area (Å²) in [7, 11) is 0.474. The number of hydrogen-bond donors (Lipinski definition) is 1. The van der Waals surface area contributed by atoms with Crippen LogP contribution in [0.4, 0.5) is 5.69 Å². The number of amides is 2. The zero-order chi connectivity index (χ0) is 27.8. The maximum absolute atomic E-state index is 13.8. The number of anilines is 1. The average molecular weight is 536 g/mol. The van der Waals surface area contributed by atoms with Crippen LogP contribution in [0.15, 0.2) is 42.5 Å². The van der Waals surface area contributed by atoms with Crippen molar-refractivity contribution in [1.82, 2.24) is 10.2 Å². The molecule has 2 amide bonds. The summed E-state index contributed by atoms with van der Waals surface area (Å²) in [4.78, 5) is 28.3. The summed E-state index contributed by atoms with van der Waals surface area (Å²) in [6, 6.07) is 10.9. The van der Waals surface area contributed by atoms with Gasteiger partial charge in [0, 0.05) is 18.7 Å². The molecule has 0 saturated heterocycles. The molecular formula is C26H37N3O7S. The normalized spacial score (nSPS) is 12.0.